The second-order valence-corrected chi connectivity index (χ2v) is 8.00. The van der Waals surface area contributed by atoms with Gasteiger partial charge in [0.25, 0.3) is 0 Å². The largest absolute Gasteiger partial charge is 0.336 e. The molecule has 1 aromatic heterocycles. The summed E-state index contributed by atoms with van der Waals surface area (Å²) in [6.07, 6.45) is 6.00. The van der Waals surface area contributed by atoms with Gasteiger partial charge in [-0.1, -0.05) is 24.3 Å². The Balaban J connectivity index is 1.26. The van der Waals surface area contributed by atoms with Gasteiger partial charge in [0, 0.05) is 12.1 Å². The summed E-state index contributed by atoms with van der Waals surface area (Å²) < 4.78 is 14.8. The highest BCUT2D eigenvalue weighted by Gasteiger charge is 2.43. The number of piperidine rings is 1. The molecular weight excluding hydrogens is 369 g/mol. The normalized spacial score (nSPS) is 23.3. The molecule has 0 radical (unpaired) electrons. The first kappa shape index (κ1) is 18.0. The summed E-state index contributed by atoms with van der Waals surface area (Å²) in [6, 6.07) is 15.2. The predicted molar refractivity (Wildman–Crippen MR) is 105 cm³/mol. The predicted octanol–water partition coefficient (Wildman–Crippen LogP) is 3.28. The Labute approximate surface area is 168 Å². The summed E-state index contributed by atoms with van der Waals surface area (Å²) in [5.74, 6) is 0.411. The molecule has 0 saturated carbocycles. The number of hydrogen-bond donors (Lipinski definition) is 0. The summed E-state index contributed by atoms with van der Waals surface area (Å²) in [7, 11) is 0. The molecule has 6 nitrogen and oxygen atoms in total. The van der Waals surface area contributed by atoms with Crippen molar-refractivity contribution < 1.29 is 9.18 Å². The molecule has 2 aromatic carbocycles. The molecule has 0 aliphatic carbocycles. The van der Waals surface area contributed by atoms with Gasteiger partial charge in [-0.3, -0.25) is 4.79 Å². The Hall–Kier alpha value is -3.09. The van der Waals surface area contributed by atoms with Crippen LogP contribution in [0.5, 0.6) is 0 Å². The van der Waals surface area contributed by atoms with Gasteiger partial charge in [0.05, 0.1) is 12.1 Å². The number of fused-ring (bicyclic) bond motifs is 2. The average molecular weight is 391 g/mol. The SMILES string of the molecule is O=C(Cc1ccc(-n2cnnn2)cc1)N1[C@@H]2CC[C@H]1CC(c1ccc(F)cc1)C2. The lowest BCUT2D eigenvalue weighted by Crippen LogP contribution is -2.46. The number of nitrogens with zero attached hydrogens (tertiary/aromatic N) is 5. The van der Waals surface area contributed by atoms with Crippen LogP contribution in [0.3, 0.4) is 0 Å². The number of tetrazole rings is 1. The number of carbonyl (C=O) groups is 1. The third-order valence-electron chi connectivity index (χ3n) is 6.27. The molecule has 7 heteroatoms. The summed E-state index contributed by atoms with van der Waals surface area (Å²) >= 11 is 0. The molecule has 29 heavy (non-hydrogen) atoms. The van der Waals surface area contributed by atoms with Crippen LogP contribution in [-0.2, 0) is 11.2 Å². The molecular formula is C22H22FN5O. The molecule has 3 aromatic rings. The first-order valence-electron chi connectivity index (χ1n) is 10.1. The number of hydrogen-bond acceptors (Lipinski definition) is 4. The number of rotatable bonds is 4. The van der Waals surface area contributed by atoms with E-state index in [0.29, 0.717) is 12.3 Å². The molecule has 1 amide bonds. The van der Waals surface area contributed by atoms with Crippen molar-refractivity contribution in [2.75, 3.05) is 0 Å². The number of aromatic nitrogens is 4. The zero-order valence-corrected chi connectivity index (χ0v) is 16.0. The highest BCUT2D eigenvalue weighted by molar-refractivity contribution is 5.80. The van der Waals surface area contributed by atoms with Gasteiger partial charge in [0.2, 0.25) is 5.91 Å². The van der Waals surface area contributed by atoms with Gasteiger partial charge in [-0.2, -0.15) is 0 Å². The van der Waals surface area contributed by atoms with Crippen molar-refractivity contribution in [1.29, 1.82) is 0 Å². The Kier molecular flexibility index (Phi) is 4.58. The van der Waals surface area contributed by atoms with Crippen LogP contribution < -0.4 is 0 Å². The van der Waals surface area contributed by atoms with Gasteiger partial charge in [-0.05, 0) is 77.4 Å². The Morgan fingerprint density at radius 2 is 1.69 bits per heavy atom. The van der Waals surface area contributed by atoms with E-state index < -0.39 is 0 Å². The van der Waals surface area contributed by atoms with E-state index >= 15 is 0 Å². The molecule has 2 bridgehead atoms. The molecule has 3 heterocycles. The number of carbonyl (C=O) groups excluding carboxylic acids is 1. The summed E-state index contributed by atoms with van der Waals surface area (Å²) in [5, 5.41) is 11.2. The van der Waals surface area contributed by atoms with Gasteiger partial charge in [-0.15, -0.1) is 5.10 Å². The molecule has 2 saturated heterocycles. The van der Waals surface area contributed by atoms with E-state index in [1.54, 1.807) is 11.0 Å². The fourth-order valence-corrected chi connectivity index (χ4v) is 4.90. The van der Waals surface area contributed by atoms with Crippen LogP contribution in [0, 0.1) is 5.82 Å². The van der Waals surface area contributed by atoms with Gasteiger partial charge in [0.1, 0.15) is 12.1 Å². The van der Waals surface area contributed by atoms with Crippen LogP contribution in [0.1, 0.15) is 42.7 Å². The minimum absolute atomic E-state index is 0.199. The zero-order valence-electron chi connectivity index (χ0n) is 16.0. The van der Waals surface area contributed by atoms with Gasteiger partial charge in [-0.25, -0.2) is 9.07 Å². The van der Waals surface area contributed by atoms with Crippen LogP contribution in [0.2, 0.25) is 0 Å². The Morgan fingerprint density at radius 3 is 2.31 bits per heavy atom. The van der Waals surface area contributed by atoms with Gasteiger partial charge in [0.15, 0.2) is 0 Å². The molecule has 2 aliphatic rings. The van der Waals surface area contributed by atoms with Crippen molar-refractivity contribution >= 4 is 5.91 Å². The van der Waals surface area contributed by atoms with Crippen molar-refractivity contribution in [3.63, 3.8) is 0 Å². The molecule has 3 atom stereocenters. The summed E-state index contributed by atoms with van der Waals surface area (Å²) in [6.45, 7) is 0. The van der Waals surface area contributed by atoms with E-state index in [4.69, 9.17) is 0 Å². The van der Waals surface area contributed by atoms with Crippen LogP contribution in [0.25, 0.3) is 5.69 Å². The topological polar surface area (TPSA) is 63.9 Å². The molecule has 2 fully saturated rings. The van der Waals surface area contributed by atoms with Crippen molar-refractivity contribution in [3.05, 3.63) is 71.8 Å². The first-order valence-corrected chi connectivity index (χ1v) is 10.1. The first-order chi connectivity index (χ1) is 14.2. The minimum Gasteiger partial charge on any atom is -0.336 e. The van der Waals surface area contributed by atoms with E-state index in [-0.39, 0.29) is 23.8 Å². The van der Waals surface area contributed by atoms with Crippen LogP contribution in [-0.4, -0.2) is 43.1 Å². The quantitative estimate of drug-likeness (QED) is 0.685. The standard InChI is InChI=1S/C22H22FN5O/c23-18-5-3-16(4-6-18)17-12-20-9-10-21(13-17)28(20)22(29)11-15-1-7-19(8-2-15)27-14-24-25-26-27/h1-8,14,17,20-21H,9-13H2/t17?,20-,21+. The lowest BCUT2D eigenvalue weighted by molar-refractivity contribution is -0.135. The van der Waals surface area contributed by atoms with Crippen molar-refractivity contribution in [3.8, 4) is 5.69 Å². The molecule has 1 unspecified atom stereocenters. The van der Waals surface area contributed by atoms with E-state index in [0.717, 1.165) is 36.9 Å². The lowest BCUT2D eigenvalue weighted by atomic mass is 9.85. The smallest absolute Gasteiger partial charge is 0.227 e. The van der Waals surface area contributed by atoms with Crippen LogP contribution in [0.4, 0.5) is 4.39 Å². The molecule has 2 aliphatic heterocycles. The highest BCUT2D eigenvalue weighted by atomic mass is 19.1. The third-order valence-corrected chi connectivity index (χ3v) is 6.27. The third kappa shape index (κ3) is 3.52. The number of benzene rings is 2. The maximum atomic E-state index is 13.2. The molecule has 148 valence electrons. The van der Waals surface area contributed by atoms with E-state index in [1.807, 2.05) is 36.4 Å². The maximum absolute atomic E-state index is 13.2. The minimum atomic E-state index is -0.199. The highest BCUT2D eigenvalue weighted by Crippen LogP contribution is 2.43. The van der Waals surface area contributed by atoms with Gasteiger partial charge < -0.3 is 4.90 Å². The number of amides is 1. The Bertz CT molecular complexity index is 973. The van der Waals surface area contributed by atoms with Crippen molar-refractivity contribution in [1.82, 2.24) is 25.1 Å². The fourth-order valence-electron chi connectivity index (χ4n) is 4.90. The van der Waals surface area contributed by atoms with E-state index in [2.05, 4.69) is 20.4 Å². The maximum Gasteiger partial charge on any atom is 0.227 e. The zero-order chi connectivity index (χ0) is 19.8. The molecule has 0 spiro atoms. The van der Waals surface area contributed by atoms with Crippen LogP contribution in [0.15, 0.2) is 54.9 Å². The second kappa shape index (κ2) is 7.39. The van der Waals surface area contributed by atoms with Gasteiger partial charge >= 0.3 is 0 Å². The monoisotopic (exact) mass is 391 g/mol. The van der Waals surface area contributed by atoms with E-state index in [9.17, 15) is 9.18 Å². The van der Waals surface area contributed by atoms with Crippen molar-refractivity contribution in [2.45, 2.75) is 50.1 Å². The Morgan fingerprint density at radius 1 is 1.00 bits per heavy atom. The van der Waals surface area contributed by atoms with Crippen molar-refractivity contribution in [2.24, 2.45) is 0 Å². The lowest BCUT2D eigenvalue weighted by Gasteiger charge is -2.39. The molecule has 5 rings (SSSR count). The van der Waals surface area contributed by atoms with Crippen LogP contribution >= 0.6 is 0 Å². The molecule has 0 N–H and O–H groups in total. The summed E-state index contributed by atoms with van der Waals surface area (Å²) in [4.78, 5) is 15.2. The van der Waals surface area contributed by atoms with E-state index in [1.165, 1.54) is 17.7 Å². The second-order valence-electron chi connectivity index (χ2n) is 8.00. The fraction of sp³-hybridized carbons (Fsp3) is 0.364. The average Bonchev–Trinajstić information content (AvgIpc) is 3.36. The number of halogens is 1. The summed E-state index contributed by atoms with van der Waals surface area (Å²) in [5.41, 5.74) is 3.05.